The fraction of sp³-hybridized carbons (Fsp3) is 0.909. The molecule has 3 saturated carbocycles. The van der Waals surface area contributed by atoms with Crippen molar-refractivity contribution in [2.75, 3.05) is 0 Å². The molecule has 0 saturated heterocycles. The zero-order valence-corrected chi connectivity index (χ0v) is 24.7. The Bertz CT molecular complexity index is 741. The van der Waals surface area contributed by atoms with Gasteiger partial charge in [0, 0.05) is 11.7 Å². The van der Waals surface area contributed by atoms with E-state index in [9.17, 15) is 4.79 Å². The van der Waals surface area contributed by atoms with Crippen LogP contribution in [0.3, 0.4) is 0 Å². The Morgan fingerprint density at radius 2 is 1.77 bits per heavy atom. The van der Waals surface area contributed by atoms with Gasteiger partial charge in [0.25, 0.3) is 0 Å². The quantitative estimate of drug-likeness (QED) is 0.207. The molecule has 4 rings (SSSR count). The maximum Gasteiger partial charge on any atom is 0.189 e. The van der Waals surface area contributed by atoms with Gasteiger partial charge in [-0.25, -0.2) is 0 Å². The lowest BCUT2D eigenvalue weighted by atomic mass is 9.47. The third-order valence-electron chi connectivity index (χ3n) is 11.7. The highest BCUT2D eigenvalue weighted by Gasteiger charge is 2.58. The molecule has 0 aromatic heterocycles. The highest BCUT2D eigenvalue weighted by atomic mass is 32.2. The summed E-state index contributed by atoms with van der Waals surface area (Å²) in [5, 5.41) is 0.975. The second-order valence-electron chi connectivity index (χ2n) is 13.7. The Morgan fingerprint density at radius 1 is 1.00 bits per heavy atom. The van der Waals surface area contributed by atoms with Gasteiger partial charge < -0.3 is 0 Å². The van der Waals surface area contributed by atoms with E-state index >= 15 is 0 Å². The number of carbonyl (C=O) groups excluding carboxylic acids is 1. The highest BCUT2D eigenvalue weighted by Crippen LogP contribution is 2.67. The molecule has 2 heteroatoms. The van der Waals surface area contributed by atoms with Gasteiger partial charge in [-0.3, -0.25) is 4.79 Å². The van der Waals surface area contributed by atoms with Gasteiger partial charge in [-0.15, -0.1) is 0 Å². The van der Waals surface area contributed by atoms with Crippen molar-refractivity contribution in [2.45, 2.75) is 149 Å². The van der Waals surface area contributed by atoms with Gasteiger partial charge in [-0.2, -0.15) is 0 Å². The number of unbranched alkanes of at least 4 members (excludes halogenated alkanes) is 5. The molecule has 0 aliphatic heterocycles. The fourth-order valence-corrected chi connectivity index (χ4v) is 10.4. The number of hydrogen-bond acceptors (Lipinski definition) is 2. The standard InChI is InChI=1S/C33H56OS/c1-6-8-9-10-11-12-13-25-15-17-29-28-16-14-26-23-27(35-31(34)22-24(3)7-2)18-20-33(26,5)30(28)19-21-32(25,29)4/h14,24-25,27-30H,6-13,15-23H2,1-5H3/t24-,25+,27-,28+,29+,30+,32+,33-/m0/s1. The van der Waals surface area contributed by atoms with Crippen LogP contribution in [-0.2, 0) is 4.79 Å². The molecule has 4 aliphatic carbocycles. The van der Waals surface area contributed by atoms with Gasteiger partial charge in [0.15, 0.2) is 5.12 Å². The lowest BCUT2D eigenvalue weighted by molar-refractivity contribution is -0.111. The van der Waals surface area contributed by atoms with Crippen molar-refractivity contribution in [2.24, 2.45) is 40.4 Å². The normalized spacial score (nSPS) is 39.3. The molecule has 3 fully saturated rings. The molecule has 1 nitrogen and oxygen atoms in total. The van der Waals surface area contributed by atoms with Crippen molar-refractivity contribution in [3.8, 4) is 0 Å². The number of fused-ring (bicyclic) bond motifs is 5. The van der Waals surface area contributed by atoms with Crippen LogP contribution in [0.5, 0.6) is 0 Å². The van der Waals surface area contributed by atoms with Crippen LogP contribution in [0, 0.1) is 40.4 Å². The maximum absolute atomic E-state index is 12.6. The summed E-state index contributed by atoms with van der Waals surface area (Å²) in [6.45, 7) is 12.1. The van der Waals surface area contributed by atoms with E-state index in [-0.39, 0.29) is 0 Å². The SMILES string of the molecule is CCCCCCCC[C@@H]1CC[C@@H]2[C@H]3CC=C4C[C@@H](SC(=O)C[C@@H](C)CC)CC[C@]4(C)[C@@H]3CC[C@]12C. The Labute approximate surface area is 222 Å². The van der Waals surface area contributed by atoms with Crippen LogP contribution >= 0.6 is 11.8 Å². The molecular weight excluding hydrogens is 444 g/mol. The predicted molar refractivity (Wildman–Crippen MR) is 154 cm³/mol. The topological polar surface area (TPSA) is 17.1 Å². The summed E-state index contributed by atoms with van der Waals surface area (Å²) >= 11 is 1.70. The lowest BCUT2D eigenvalue weighted by Crippen LogP contribution is -2.50. The van der Waals surface area contributed by atoms with Gasteiger partial charge in [0.05, 0.1) is 0 Å². The first kappa shape index (κ1) is 27.8. The molecule has 8 atom stereocenters. The second kappa shape index (κ2) is 12.1. The van der Waals surface area contributed by atoms with Crippen molar-refractivity contribution < 1.29 is 4.79 Å². The van der Waals surface area contributed by atoms with Crippen molar-refractivity contribution in [3.05, 3.63) is 11.6 Å². The van der Waals surface area contributed by atoms with Crippen molar-refractivity contribution in [1.82, 2.24) is 0 Å². The number of allylic oxidation sites excluding steroid dienone is 2. The molecule has 0 heterocycles. The van der Waals surface area contributed by atoms with Crippen LogP contribution in [-0.4, -0.2) is 10.4 Å². The summed E-state index contributed by atoms with van der Waals surface area (Å²) in [6, 6.07) is 0. The molecule has 200 valence electrons. The molecule has 4 aliphatic rings. The fourth-order valence-electron chi connectivity index (χ4n) is 9.15. The number of carbonyl (C=O) groups is 1. The molecular formula is C33H56OS. The van der Waals surface area contributed by atoms with Crippen LogP contribution in [0.2, 0.25) is 0 Å². The smallest absolute Gasteiger partial charge is 0.189 e. The molecule has 0 spiro atoms. The minimum absolute atomic E-state index is 0.415. The summed E-state index contributed by atoms with van der Waals surface area (Å²) < 4.78 is 0. The molecule has 0 N–H and O–H groups in total. The number of hydrogen-bond donors (Lipinski definition) is 0. The van der Waals surface area contributed by atoms with Crippen LogP contribution in [0.4, 0.5) is 0 Å². The molecule has 0 aromatic rings. The van der Waals surface area contributed by atoms with E-state index in [1.807, 2.05) is 0 Å². The van der Waals surface area contributed by atoms with E-state index in [1.165, 1.54) is 96.3 Å². The van der Waals surface area contributed by atoms with E-state index in [0.29, 0.717) is 27.1 Å². The van der Waals surface area contributed by atoms with Gasteiger partial charge in [0.1, 0.15) is 0 Å². The lowest BCUT2D eigenvalue weighted by Gasteiger charge is -2.58. The molecule has 0 bridgehead atoms. The Hall–Kier alpha value is -0.240. The molecule has 0 aromatic carbocycles. The van der Waals surface area contributed by atoms with E-state index < -0.39 is 0 Å². The van der Waals surface area contributed by atoms with E-state index in [2.05, 4.69) is 40.7 Å². The Morgan fingerprint density at radius 3 is 2.54 bits per heavy atom. The summed E-state index contributed by atoms with van der Waals surface area (Å²) in [7, 11) is 0. The largest absolute Gasteiger partial charge is 0.287 e. The first-order valence-corrected chi connectivity index (χ1v) is 16.6. The highest BCUT2D eigenvalue weighted by molar-refractivity contribution is 8.14. The summed E-state index contributed by atoms with van der Waals surface area (Å²) in [5.41, 5.74) is 2.77. The molecule has 0 radical (unpaired) electrons. The van der Waals surface area contributed by atoms with Crippen LogP contribution in [0.25, 0.3) is 0 Å². The Kier molecular flexibility index (Phi) is 9.59. The second-order valence-corrected chi connectivity index (χ2v) is 15.1. The van der Waals surface area contributed by atoms with Gasteiger partial charge in [-0.1, -0.05) is 103 Å². The average molecular weight is 501 g/mol. The van der Waals surface area contributed by atoms with Crippen molar-refractivity contribution in [1.29, 1.82) is 0 Å². The van der Waals surface area contributed by atoms with Crippen LogP contribution in [0.1, 0.15) is 144 Å². The number of thioether (sulfide) groups is 1. The molecule has 0 unspecified atom stereocenters. The predicted octanol–water partition coefficient (Wildman–Crippen LogP) is 10.4. The summed E-state index contributed by atoms with van der Waals surface area (Å²) in [5.74, 6) is 4.31. The zero-order chi connectivity index (χ0) is 25.1. The first-order chi connectivity index (χ1) is 16.8. The molecule has 35 heavy (non-hydrogen) atoms. The van der Waals surface area contributed by atoms with Gasteiger partial charge in [0.2, 0.25) is 0 Å². The minimum Gasteiger partial charge on any atom is -0.287 e. The van der Waals surface area contributed by atoms with Crippen molar-refractivity contribution >= 4 is 16.9 Å². The van der Waals surface area contributed by atoms with E-state index in [0.717, 1.165) is 36.5 Å². The third kappa shape index (κ3) is 5.93. The third-order valence-corrected chi connectivity index (χ3v) is 12.8. The van der Waals surface area contributed by atoms with Crippen LogP contribution < -0.4 is 0 Å². The number of rotatable bonds is 11. The van der Waals surface area contributed by atoms with E-state index in [4.69, 9.17) is 0 Å². The van der Waals surface area contributed by atoms with Gasteiger partial charge in [-0.05, 0) is 98.2 Å². The first-order valence-electron chi connectivity index (χ1n) is 15.7. The summed E-state index contributed by atoms with van der Waals surface area (Å²) in [6.07, 6.45) is 25.7. The zero-order valence-electron chi connectivity index (χ0n) is 23.9. The van der Waals surface area contributed by atoms with E-state index in [1.54, 1.807) is 17.3 Å². The van der Waals surface area contributed by atoms with Crippen molar-refractivity contribution in [3.63, 3.8) is 0 Å². The summed E-state index contributed by atoms with van der Waals surface area (Å²) in [4.78, 5) is 12.6. The van der Waals surface area contributed by atoms with Crippen LogP contribution in [0.15, 0.2) is 11.6 Å². The molecule has 0 amide bonds. The van der Waals surface area contributed by atoms with Gasteiger partial charge >= 0.3 is 0 Å². The minimum atomic E-state index is 0.415. The monoisotopic (exact) mass is 500 g/mol. The Balaban J connectivity index is 1.35. The average Bonchev–Trinajstić information content (AvgIpc) is 3.17. The maximum atomic E-state index is 12.6.